The monoisotopic (exact) mass is 449 g/mol. The molecule has 1 aliphatic rings. The topological polar surface area (TPSA) is 81.1 Å². The molecule has 32 heavy (non-hydrogen) atoms. The van der Waals surface area contributed by atoms with Gasteiger partial charge in [0.05, 0.1) is 16.8 Å². The number of nitrogens with one attached hydrogen (secondary N) is 1. The van der Waals surface area contributed by atoms with Crippen molar-refractivity contribution in [2.24, 2.45) is 0 Å². The first-order valence-corrected chi connectivity index (χ1v) is 11.7. The van der Waals surface area contributed by atoms with Crippen LogP contribution in [0.5, 0.6) is 0 Å². The van der Waals surface area contributed by atoms with Crippen molar-refractivity contribution in [3.8, 4) is 16.9 Å². The molecule has 1 heterocycles. The maximum Gasteiger partial charge on any atom is 0.279 e. The van der Waals surface area contributed by atoms with Crippen molar-refractivity contribution in [1.29, 1.82) is 0 Å². The Morgan fingerprint density at radius 2 is 1.66 bits per heavy atom. The first-order chi connectivity index (χ1) is 15.4. The maximum atomic E-state index is 13.4. The molecule has 1 aromatic heterocycles. The third kappa shape index (κ3) is 3.14. The minimum atomic E-state index is -3.50. The Bertz CT molecular complexity index is 1510. The molecule has 0 bridgehead atoms. The molecule has 8 heteroatoms. The summed E-state index contributed by atoms with van der Waals surface area (Å²) >= 11 is 0. The molecule has 1 aliphatic carbocycles. The van der Waals surface area contributed by atoms with Crippen molar-refractivity contribution in [1.82, 2.24) is 14.5 Å². The zero-order valence-electron chi connectivity index (χ0n) is 17.2. The first-order valence-electron chi connectivity index (χ1n) is 10.2. The Morgan fingerprint density at radius 3 is 2.31 bits per heavy atom. The van der Waals surface area contributed by atoms with Gasteiger partial charge in [0.25, 0.3) is 5.56 Å². The summed E-state index contributed by atoms with van der Waals surface area (Å²) in [5, 5.41) is 5.74. The van der Waals surface area contributed by atoms with Gasteiger partial charge < -0.3 is 0 Å². The van der Waals surface area contributed by atoms with Crippen molar-refractivity contribution >= 4 is 20.8 Å². The summed E-state index contributed by atoms with van der Waals surface area (Å²) in [5.41, 5.74) is 2.06. The fourth-order valence-electron chi connectivity index (χ4n) is 4.13. The van der Waals surface area contributed by atoms with Crippen LogP contribution in [0.4, 0.5) is 4.39 Å². The van der Waals surface area contributed by atoms with E-state index in [1.807, 2.05) is 30.3 Å². The summed E-state index contributed by atoms with van der Waals surface area (Å²) in [6.45, 7) is 0. The van der Waals surface area contributed by atoms with Crippen molar-refractivity contribution in [2.45, 2.75) is 17.6 Å². The van der Waals surface area contributed by atoms with Crippen LogP contribution < -0.4 is 10.3 Å². The second-order valence-electron chi connectivity index (χ2n) is 7.87. The summed E-state index contributed by atoms with van der Waals surface area (Å²) in [6, 6.07) is 20.0. The van der Waals surface area contributed by atoms with Crippen LogP contribution in [0.1, 0.15) is 18.4 Å². The molecular formula is C24H20FN3O3S. The summed E-state index contributed by atoms with van der Waals surface area (Å²) in [6.07, 6.45) is 1.09. The number of aromatic nitrogens is 2. The van der Waals surface area contributed by atoms with Gasteiger partial charge in [-0.25, -0.2) is 17.5 Å². The molecule has 1 saturated carbocycles. The van der Waals surface area contributed by atoms with Crippen molar-refractivity contribution in [2.75, 3.05) is 7.05 Å². The molecule has 3 aromatic carbocycles. The van der Waals surface area contributed by atoms with Crippen LogP contribution in [-0.2, 0) is 14.8 Å². The quantitative estimate of drug-likeness (QED) is 0.503. The second-order valence-corrected chi connectivity index (χ2v) is 10.1. The predicted octanol–water partition coefficient (Wildman–Crippen LogP) is 3.73. The molecule has 0 radical (unpaired) electrons. The van der Waals surface area contributed by atoms with Gasteiger partial charge in [0.2, 0.25) is 10.0 Å². The highest BCUT2D eigenvalue weighted by atomic mass is 32.2. The third-order valence-electron chi connectivity index (χ3n) is 6.03. The molecule has 1 N–H and O–H groups in total. The van der Waals surface area contributed by atoms with Gasteiger partial charge in [-0.05, 0) is 61.9 Å². The van der Waals surface area contributed by atoms with E-state index in [2.05, 4.69) is 9.82 Å². The second kappa shape index (κ2) is 7.36. The molecule has 0 aliphatic heterocycles. The molecule has 4 aromatic rings. The number of halogens is 1. The zero-order chi connectivity index (χ0) is 22.5. The van der Waals surface area contributed by atoms with E-state index in [-0.39, 0.29) is 5.56 Å². The lowest BCUT2D eigenvalue weighted by atomic mass is 10.0. The molecule has 6 nitrogen and oxygen atoms in total. The highest BCUT2D eigenvalue weighted by molar-refractivity contribution is 7.90. The number of benzene rings is 3. The zero-order valence-corrected chi connectivity index (χ0v) is 18.1. The van der Waals surface area contributed by atoms with Gasteiger partial charge in [-0.3, -0.25) is 4.79 Å². The summed E-state index contributed by atoms with van der Waals surface area (Å²) < 4.78 is 41.5. The highest BCUT2D eigenvalue weighted by Gasteiger charge is 2.55. The Kier molecular flexibility index (Phi) is 4.72. The molecule has 0 saturated heterocycles. The lowest BCUT2D eigenvalue weighted by Gasteiger charge is -2.17. The molecule has 1 fully saturated rings. The van der Waals surface area contributed by atoms with E-state index in [4.69, 9.17) is 0 Å². The third-order valence-corrected chi connectivity index (χ3v) is 8.24. The highest BCUT2D eigenvalue weighted by Crippen LogP contribution is 2.52. The number of rotatable bonds is 5. The predicted molar refractivity (Wildman–Crippen MR) is 122 cm³/mol. The first kappa shape index (κ1) is 20.5. The molecule has 162 valence electrons. The van der Waals surface area contributed by atoms with E-state index < -0.39 is 20.6 Å². The van der Waals surface area contributed by atoms with Crippen LogP contribution in [0.25, 0.3) is 27.7 Å². The van der Waals surface area contributed by atoms with E-state index >= 15 is 0 Å². The van der Waals surface area contributed by atoms with E-state index in [1.54, 1.807) is 18.2 Å². The van der Waals surface area contributed by atoms with E-state index in [0.29, 0.717) is 46.1 Å². The van der Waals surface area contributed by atoms with Gasteiger partial charge in [-0.15, -0.1) is 0 Å². The number of fused-ring (bicyclic) bond motifs is 1. The standard InChI is InChI=1S/C24H20FN3O3S/c1-26-32(30,31)24(13-14-24)17-6-4-5-16(15-17)22-20-7-2-3-8-21(20)23(29)28(27-22)19-11-9-18(25)10-12-19/h2-12,15,26H,13-14H2,1H3. The molecular weight excluding hydrogens is 429 g/mol. The normalized spacial score (nSPS) is 15.1. The Balaban J connectivity index is 1.74. The smallest absolute Gasteiger partial charge is 0.267 e. The van der Waals surface area contributed by atoms with Gasteiger partial charge in [0.15, 0.2) is 0 Å². The average Bonchev–Trinajstić information content (AvgIpc) is 3.63. The Labute approximate surface area is 184 Å². The molecule has 0 amide bonds. The number of nitrogens with zero attached hydrogens (tertiary/aromatic N) is 2. The van der Waals surface area contributed by atoms with Crippen LogP contribution in [0.2, 0.25) is 0 Å². The average molecular weight is 450 g/mol. The van der Waals surface area contributed by atoms with Crippen molar-refractivity contribution in [3.63, 3.8) is 0 Å². The fourth-order valence-corrected chi connectivity index (χ4v) is 5.60. The van der Waals surface area contributed by atoms with Gasteiger partial charge in [0, 0.05) is 10.9 Å². The fraction of sp³-hybridized carbons (Fsp3) is 0.167. The van der Waals surface area contributed by atoms with Gasteiger partial charge in [-0.2, -0.15) is 9.78 Å². The lowest BCUT2D eigenvalue weighted by Crippen LogP contribution is -2.31. The van der Waals surface area contributed by atoms with Gasteiger partial charge >= 0.3 is 0 Å². The van der Waals surface area contributed by atoms with Crippen LogP contribution in [0.3, 0.4) is 0 Å². The van der Waals surface area contributed by atoms with E-state index in [1.165, 1.54) is 36.0 Å². The summed E-state index contributed by atoms with van der Waals surface area (Å²) in [7, 11) is -2.08. The van der Waals surface area contributed by atoms with Crippen LogP contribution >= 0.6 is 0 Å². The number of hydrogen-bond acceptors (Lipinski definition) is 4. The van der Waals surface area contributed by atoms with Crippen LogP contribution in [0.15, 0.2) is 77.6 Å². The van der Waals surface area contributed by atoms with Gasteiger partial charge in [-0.1, -0.05) is 36.4 Å². The Hall–Kier alpha value is -3.36. The maximum absolute atomic E-state index is 13.4. The summed E-state index contributed by atoms with van der Waals surface area (Å²) in [5.74, 6) is -0.406. The number of hydrogen-bond donors (Lipinski definition) is 1. The minimum absolute atomic E-state index is 0.316. The van der Waals surface area contributed by atoms with E-state index in [9.17, 15) is 17.6 Å². The molecule has 0 atom stereocenters. The minimum Gasteiger partial charge on any atom is -0.267 e. The SMILES string of the molecule is CNS(=O)(=O)C1(c2cccc(-c3nn(-c4ccc(F)cc4)c(=O)c4ccccc34)c2)CC1. The van der Waals surface area contributed by atoms with Crippen molar-refractivity contribution < 1.29 is 12.8 Å². The lowest BCUT2D eigenvalue weighted by molar-refractivity contribution is 0.571. The van der Waals surface area contributed by atoms with Crippen LogP contribution in [0, 0.1) is 5.82 Å². The van der Waals surface area contributed by atoms with Gasteiger partial charge in [0.1, 0.15) is 10.6 Å². The van der Waals surface area contributed by atoms with Crippen LogP contribution in [-0.4, -0.2) is 25.2 Å². The Morgan fingerprint density at radius 1 is 0.969 bits per heavy atom. The molecule has 0 spiro atoms. The van der Waals surface area contributed by atoms with E-state index in [0.717, 1.165) is 0 Å². The molecule has 5 rings (SSSR count). The molecule has 0 unspecified atom stereocenters. The summed E-state index contributed by atoms with van der Waals surface area (Å²) in [4.78, 5) is 13.1. The largest absolute Gasteiger partial charge is 0.279 e. The van der Waals surface area contributed by atoms with Crippen molar-refractivity contribution in [3.05, 3.63) is 94.5 Å². The number of sulfonamides is 1.